The Labute approximate surface area is 164 Å². The molecule has 0 aromatic carbocycles. The van der Waals surface area contributed by atoms with Crippen molar-refractivity contribution in [2.45, 2.75) is 78.2 Å². The molecular formula is C25H35NO. The van der Waals surface area contributed by atoms with E-state index < -0.39 is 0 Å². The van der Waals surface area contributed by atoms with Crippen LogP contribution in [-0.4, -0.2) is 16.2 Å². The Bertz CT molecular complexity index is 736. The summed E-state index contributed by atoms with van der Waals surface area (Å²) in [7, 11) is 0. The van der Waals surface area contributed by atoms with Crippen LogP contribution in [0.2, 0.25) is 0 Å². The maximum atomic E-state index is 10.1. The van der Waals surface area contributed by atoms with Crippen molar-refractivity contribution in [1.82, 2.24) is 4.98 Å². The minimum absolute atomic E-state index is 0.115. The normalized spacial score (nSPS) is 38.9. The first kappa shape index (κ1) is 18.9. The molecule has 3 aliphatic carbocycles. The Balaban J connectivity index is 1.52. The van der Waals surface area contributed by atoms with Crippen molar-refractivity contribution in [3.63, 3.8) is 0 Å². The molecule has 3 aliphatic rings. The fourth-order valence-electron chi connectivity index (χ4n) is 6.12. The van der Waals surface area contributed by atoms with Gasteiger partial charge in [0, 0.05) is 12.4 Å². The first-order valence-electron chi connectivity index (χ1n) is 10.9. The number of hydrogen-bond donors (Lipinski definition) is 1. The standard InChI is InChI=1S/C25H35NO/c1-18-9-10-23(19-6-5-15-26-17-19)24(18,2)13-11-20-7-4-8-21-16-22(27)12-14-25(20,21)3/h5-6,8,10,15,17-18,20,22,27H,4,7,9,11-14,16H2,1-3H3/t18-,20-,22+,24+,25-/m1/s1. The molecule has 0 radical (unpaired) electrons. The van der Waals surface area contributed by atoms with Crippen LogP contribution in [0.4, 0.5) is 0 Å². The van der Waals surface area contributed by atoms with Crippen LogP contribution in [0.5, 0.6) is 0 Å². The Morgan fingerprint density at radius 3 is 2.85 bits per heavy atom. The van der Waals surface area contributed by atoms with E-state index in [-0.39, 0.29) is 11.5 Å². The summed E-state index contributed by atoms with van der Waals surface area (Å²) < 4.78 is 0. The van der Waals surface area contributed by atoms with Gasteiger partial charge in [-0.15, -0.1) is 0 Å². The van der Waals surface area contributed by atoms with Crippen molar-refractivity contribution in [3.05, 3.63) is 47.8 Å². The van der Waals surface area contributed by atoms with E-state index in [0.29, 0.717) is 11.3 Å². The fourth-order valence-corrected chi connectivity index (χ4v) is 6.12. The maximum Gasteiger partial charge on any atom is 0.0577 e. The van der Waals surface area contributed by atoms with Crippen LogP contribution in [0.3, 0.4) is 0 Å². The van der Waals surface area contributed by atoms with Crippen LogP contribution in [0.1, 0.15) is 77.7 Å². The number of aliphatic hydroxyl groups is 1. The predicted molar refractivity (Wildman–Crippen MR) is 112 cm³/mol. The summed E-state index contributed by atoms with van der Waals surface area (Å²) in [5.41, 5.74) is 4.92. The summed E-state index contributed by atoms with van der Waals surface area (Å²) in [4.78, 5) is 4.37. The Morgan fingerprint density at radius 2 is 2.07 bits per heavy atom. The van der Waals surface area contributed by atoms with Crippen molar-refractivity contribution >= 4 is 5.57 Å². The van der Waals surface area contributed by atoms with Gasteiger partial charge in [0.2, 0.25) is 0 Å². The van der Waals surface area contributed by atoms with Crippen LogP contribution in [0.25, 0.3) is 5.57 Å². The number of nitrogens with zero attached hydrogens (tertiary/aromatic N) is 1. The van der Waals surface area contributed by atoms with Crippen molar-refractivity contribution in [2.75, 3.05) is 0 Å². The number of aromatic nitrogens is 1. The molecule has 27 heavy (non-hydrogen) atoms. The molecule has 0 bridgehead atoms. The van der Waals surface area contributed by atoms with Crippen molar-refractivity contribution in [2.24, 2.45) is 22.7 Å². The van der Waals surface area contributed by atoms with Gasteiger partial charge in [0.15, 0.2) is 0 Å². The Morgan fingerprint density at radius 1 is 1.22 bits per heavy atom. The molecule has 1 heterocycles. The van der Waals surface area contributed by atoms with Gasteiger partial charge in [0.05, 0.1) is 6.10 Å². The fraction of sp³-hybridized carbons (Fsp3) is 0.640. The zero-order valence-electron chi connectivity index (χ0n) is 17.2. The molecule has 2 nitrogen and oxygen atoms in total. The molecular weight excluding hydrogens is 330 g/mol. The van der Waals surface area contributed by atoms with Gasteiger partial charge < -0.3 is 5.11 Å². The molecule has 1 fully saturated rings. The van der Waals surface area contributed by atoms with Gasteiger partial charge >= 0.3 is 0 Å². The lowest BCUT2D eigenvalue weighted by atomic mass is 9.57. The zero-order chi connectivity index (χ0) is 19.1. The number of hydrogen-bond acceptors (Lipinski definition) is 2. The third kappa shape index (κ3) is 3.31. The van der Waals surface area contributed by atoms with Gasteiger partial charge in [-0.1, -0.05) is 44.6 Å². The number of allylic oxidation sites excluding steroid dienone is 3. The number of aliphatic hydroxyl groups excluding tert-OH is 1. The van der Waals surface area contributed by atoms with Crippen LogP contribution < -0.4 is 0 Å². The number of rotatable bonds is 4. The molecule has 2 heteroatoms. The minimum atomic E-state index is -0.115. The first-order valence-corrected chi connectivity index (χ1v) is 10.9. The predicted octanol–water partition coefficient (Wildman–Crippen LogP) is 6.18. The van der Waals surface area contributed by atoms with Gasteiger partial charge in [-0.3, -0.25) is 4.98 Å². The molecule has 1 aromatic rings. The van der Waals surface area contributed by atoms with E-state index in [1.54, 1.807) is 5.57 Å². The highest BCUT2D eigenvalue weighted by Crippen LogP contribution is 2.56. The molecule has 1 saturated carbocycles. The number of fused-ring (bicyclic) bond motifs is 1. The Kier molecular flexibility index (Phi) is 5.05. The summed E-state index contributed by atoms with van der Waals surface area (Å²) >= 11 is 0. The second-order valence-electron chi connectivity index (χ2n) is 9.77. The van der Waals surface area contributed by atoms with E-state index in [0.717, 1.165) is 25.2 Å². The summed E-state index contributed by atoms with van der Waals surface area (Å²) in [6.07, 6.45) is 18.0. The quantitative estimate of drug-likeness (QED) is 0.646. The van der Waals surface area contributed by atoms with Crippen LogP contribution in [-0.2, 0) is 0 Å². The minimum Gasteiger partial charge on any atom is -0.393 e. The molecule has 5 atom stereocenters. The summed E-state index contributed by atoms with van der Waals surface area (Å²) in [6.45, 7) is 7.38. The molecule has 0 unspecified atom stereocenters. The lowest BCUT2D eigenvalue weighted by Crippen LogP contribution is -2.39. The smallest absolute Gasteiger partial charge is 0.0577 e. The first-order chi connectivity index (χ1) is 12.9. The van der Waals surface area contributed by atoms with E-state index in [1.807, 2.05) is 12.4 Å². The topological polar surface area (TPSA) is 33.1 Å². The molecule has 0 amide bonds. The number of pyridine rings is 1. The van der Waals surface area contributed by atoms with Gasteiger partial charge in [-0.25, -0.2) is 0 Å². The second-order valence-corrected chi connectivity index (χ2v) is 9.77. The van der Waals surface area contributed by atoms with Crippen LogP contribution >= 0.6 is 0 Å². The van der Waals surface area contributed by atoms with E-state index in [4.69, 9.17) is 0 Å². The molecule has 1 N–H and O–H groups in total. The van der Waals surface area contributed by atoms with E-state index in [9.17, 15) is 5.11 Å². The van der Waals surface area contributed by atoms with E-state index >= 15 is 0 Å². The highest BCUT2D eigenvalue weighted by atomic mass is 16.3. The van der Waals surface area contributed by atoms with Crippen molar-refractivity contribution in [3.8, 4) is 0 Å². The molecule has 0 spiro atoms. The molecule has 0 aliphatic heterocycles. The second kappa shape index (κ2) is 7.20. The zero-order valence-corrected chi connectivity index (χ0v) is 17.2. The van der Waals surface area contributed by atoms with Gasteiger partial charge in [0.25, 0.3) is 0 Å². The highest BCUT2D eigenvalue weighted by Gasteiger charge is 2.45. The van der Waals surface area contributed by atoms with Crippen molar-refractivity contribution in [1.29, 1.82) is 0 Å². The Hall–Kier alpha value is -1.41. The summed E-state index contributed by atoms with van der Waals surface area (Å²) in [5, 5.41) is 10.1. The third-order valence-corrected chi connectivity index (χ3v) is 8.36. The third-order valence-electron chi connectivity index (χ3n) is 8.36. The highest BCUT2D eigenvalue weighted by molar-refractivity contribution is 5.71. The maximum absolute atomic E-state index is 10.1. The van der Waals surface area contributed by atoms with Crippen molar-refractivity contribution < 1.29 is 5.11 Å². The lowest BCUT2D eigenvalue weighted by molar-refractivity contribution is 0.0660. The summed E-state index contributed by atoms with van der Waals surface area (Å²) in [5.74, 6) is 1.44. The van der Waals surface area contributed by atoms with Crippen LogP contribution in [0, 0.1) is 22.7 Å². The molecule has 0 saturated heterocycles. The molecule has 4 rings (SSSR count). The van der Waals surface area contributed by atoms with Gasteiger partial charge in [-0.2, -0.15) is 0 Å². The largest absolute Gasteiger partial charge is 0.393 e. The molecule has 1 aromatic heterocycles. The SMILES string of the molecule is C[C@@H]1CC=C(c2cccnc2)[C@@]1(C)CC[C@H]1CCC=C2C[C@@H](O)CC[C@@]21C. The monoisotopic (exact) mass is 365 g/mol. The average Bonchev–Trinajstić information content (AvgIpc) is 2.96. The summed E-state index contributed by atoms with van der Waals surface area (Å²) in [6, 6.07) is 4.28. The van der Waals surface area contributed by atoms with Gasteiger partial charge in [-0.05, 0) is 91.2 Å². The van der Waals surface area contributed by atoms with Gasteiger partial charge in [0.1, 0.15) is 0 Å². The average molecular weight is 366 g/mol. The van der Waals surface area contributed by atoms with Crippen LogP contribution in [0.15, 0.2) is 42.3 Å². The molecule has 146 valence electrons. The lowest BCUT2D eigenvalue weighted by Gasteiger charge is -2.48. The van der Waals surface area contributed by atoms with E-state index in [1.165, 1.54) is 43.2 Å². The van der Waals surface area contributed by atoms with E-state index in [2.05, 4.69) is 50.0 Å².